The number of nitrogens with one attached hydrogen (secondary N) is 2. The number of aromatic nitrogens is 1. The third-order valence-corrected chi connectivity index (χ3v) is 5.60. The van der Waals surface area contributed by atoms with Gasteiger partial charge in [0.1, 0.15) is 5.82 Å². The molecule has 2 N–H and O–H groups in total. The van der Waals surface area contributed by atoms with Crippen LogP contribution in [-0.4, -0.2) is 53.2 Å². The number of ketones is 1. The summed E-state index contributed by atoms with van der Waals surface area (Å²) >= 11 is 0. The molecule has 0 aliphatic rings. The molecule has 0 aliphatic heterocycles. The minimum Gasteiger partial charge on any atom is -0.348 e. The Bertz CT molecular complexity index is 993. The average molecular weight is 431 g/mol. The number of nitrogens with zero attached hydrogens (tertiary/aromatic N) is 2. The second-order valence-corrected chi connectivity index (χ2v) is 7.52. The number of anilines is 1. The van der Waals surface area contributed by atoms with Gasteiger partial charge in [0.05, 0.1) is 11.3 Å². The number of carbonyl (C=O) groups excluding carboxylic acids is 3. The fourth-order valence-corrected chi connectivity index (χ4v) is 3.61. The maximum absolute atomic E-state index is 13.5. The van der Waals surface area contributed by atoms with Gasteiger partial charge in [0.15, 0.2) is 0 Å². The van der Waals surface area contributed by atoms with Gasteiger partial charge in [-0.2, -0.15) is 0 Å². The van der Waals surface area contributed by atoms with Crippen molar-refractivity contribution in [3.63, 3.8) is 0 Å². The molecule has 1 aromatic carbocycles. The number of likely N-dealkylation sites (N-methyl/N-ethyl adjacent to an activating group) is 1. The first kappa shape index (κ1) is 24.3. The normalized spacial score (nSPS) is 11.0. The van der Waals surface area contributed by atoms with Gasteiger partial charge in [0.2, 0.25) is 0 Å². The molecule has 8 heteroatoms. The van der Waals surface area contributed by atoms with Crippen LogP contribution in [-0.2, 0) is 11.8 Å². The summed E-state index contributed by atoms with van der Waals surface area (Å²) in [6.45, 7) is 11.8. The summed E-state index contributed by atoms with van der Waals surface area (Å²) in [7, 11) is 1.65. The molecular formula is C23H31FN4O3. The Morgan fingerprint density at radius 2 is 1.74 bits per heavy atom. The third kappa shape index (κ3) is 5.38. The van der Waals surface area contributed by atoms with E-state index >= 15 is 0 Å². The van der Waals surface area contributed by atoms with Crippen LogP contribution in [0.15, 0.2) is 18.2 Å². The number of carbonyl (C=O) groups is 3. The Morgan fingerprint density at radius 3 is 2.32 bits per heavy atom. The molecule has 0 bridgehead atoms. The van der Waals surface area contributed by atoms with Crippen molar-refractivity contribution >= 4 is 23.3 Å². The monoisotopic (exact) mass is 430 g/mol. The Hall–Kier alpha value is -3.00. The first-order chi connectivity index (χ1) is 14.6. The first-order valence-corrected chi connectivity index (χ1v) is 10.4. The quantitative estimate of drug-likeness (QED) is 0.473. The Labute approximate surface area is 182 Å². The molecule has 2 rings (SSSR count). The van der Waals surface area contributed by atoms with Crippen molar-refractivity contribution in [2.45, 2.75) is 34.6 Å². The zero-order valence-corrected chi connectivity index (χ0v) is 19.1. The number of aryl methyl sites for hydroxylation is 1. The van der Waals surface area contributed by atoms with Gasteiger partial charge in [0.25, 0.3) is 17.6 Å². The van der Waals surface area contributed by atoms with Crippen LogP contribution in [0.4, 0.5) is 10.1 Å². The van der Waals surface area contributed by atoms with E-state index in [1.54, 1.807) is 32.4 Å². The summed E-state index contributed by atoms with van der Waals surface area (Å²) in [5.74, 6) is -2.15. The third-order valence-electron chi connectivity index (χ3n) is 5.60. The number of benzene rings is 1. The number of hydrogen-bond acceptors (Lipinski definition) is 4. The first-order valence-electron chi connectivity index (χ1n) is 10.4. The van der Waals surface area contributed by atoms with Crippen molar-refractivity contribution in [1.29, 1.82) is 0 Å². The number of amides is 2. The molecule has 168 valence electrons. The zero-order valence-electron chi connectivity index (χ0n) is 19.1. The van der Waals surface area contributed by atoms with Gasteiger partial charge in [-0.05, 0) is 63.2 Å². The molecule has 0 unspecified atom stereocenters. The fraction of sp³-hybridized carbons (Fsp3) is 0.435. The molecule has 0 aliphatic carbocycles. The van der Waals surface area contributed by atoms with Gasteiger partial charge in [-0.3, -0.25) is 14.4 Å². The van der Waals surface area contributed by atoms with E-state index < -0.39 is 17.6 Å². The van der Waals surface area contributed by atoms with Gasteiger partial charge in [-0.1, -0.05) is 13.8 Å². The highest BCUT2D eigenvalue weighted by Gasteiger charge is 2.28. The van der Waals surface area contributed by atoms with E-state index in [-0.39, 0.29) is 11.5 Å². The van der Waals surface area contributed by atoms with Gasteiger partial charge in [0, 0.05) is 31.5 Å². The van der Waals surface area contributed by atoms with Crippen LogP contribution in [0.1, 0.15) is 51.5 Å². The number of halogens is 1. The summed E-state index contributed by atoms with van der Waals surface area (Å²) in [6.07, 6.45) is 0. The predicted octanol–water partition coefficient (Wildman–Crippen LogP) is 2.98. The van der Waals surface area contributed by atoms with E-state index in [4.69, 9.17) is 0 Å². The van der Waals surface area contributed by atoms with Crippen molar-refractivity contribution in [1.82, 2.24) is 14.8 Å². The molecule has 0 radical (unpaired) electrons. The summed E-state index contributed by atoms with van der Waals surface area (Å²) < 4.78 is 15.0. The average Bonchev–Trinajstić information content (AvgIpc) is 2.95. The predicted molar refractivity (Wildman–Crippen MR) is 119 cm³/mol. The summed E-state index contributed by atoms with van der Waals surface area (Å²) in [6, 6.07) is 4.30. The molecular weight excluding hydrogens is 399 g/mol. The largest absolute Gasteiger partial charge is 0.348 e. The highest BCUT2D eigenvalue weighted by atomic mass is 19.1. The number of Topliss-reactive ketones (excluding diaryl/α,β-unsaturated/α-hetero) is 1. The minimum atomic E-state index is -0.697. The topological polar surface area (TPSA) is 83.4 Å². The van der Waals surface area contributed by atoms with Crippen LogP contribution in [0.5, 0.6) is 0 Å². The lowest BCUT2D eigenvalue weighted by atomic mass is 10.1. The Kier molecular flexibility index (Phi) is 8.10. The maximum atomic E-state index is 13.5. The smallest absolute Gasteiger partial charge is 0.294 e. The molecule has 1 aromatic heterocycles. The molecule has 2 amide bonds. The van der Waals surface area contributed by atoms with Crippen molar-refractivity contribution < 1.29 is 18.8 Å². The van der Waals surface area contributed by atoms with Crippen molar-refractivity contribution in [2.24, 2.45) is 7.05 Å². The zero-order chi connectivity index (χ0) is 23.3. The van der Waals surface area contributed by atoms with Crippen LogP contribution in [0.3, 0.4) is 0 Å². The molecule has 0 saturated carbocycles. The van der Waals surface area contributed by atoms with Crippen molar-refractivity contribution in [3.8, 4) is 0 Å². The summed E-state index contributed by atoms with van der Waals surface area (Å²) in [5, 5.41) is 5.40. The van der Waals surface area contributed by atoms with Gasteiger partial charge < -0.3 is 20.1 Å². The highest BCUT2D eigenvalue weighted by Crippen LogP contribution is 2.23. The molecule has 1 heterocycles. The molecule has 0 fully saturated rings. The molecule has 0 saturated heterocycles. The van der Waals surface area contributed by atoms with E-state index in [0.717, 1.165) is 13.1 Å². The van der Waals surface area contributed by atoms with E-state index in [9.17, 15) is 18.8 Å². The van der Waals surface area contributed by atoms with E-state index in [1.807, 2.05) is 13.8 Å². The van der Waals surface area contributed by atoms with Gasteiger partial charge in [-0.15, -0.1) is 0 Å². The van der Waals surface area contributed by atoms with E-state index in [2.05, 4.69) is 15.5 Å². The highest BCUT2D eigenvalue weighted by molar-refractivity contribution is 6.43. The second-order valence-electron chi connectivity index (χ2n) is 7.52. The lowest BCUT2D eigenvalue weighted by molar-refractivity contribution is -0.117. The molecule has 31 heavy (non-hydrogen) atoms. The molecule has 0 spiro atoms. The standard InChI is InChI=1S/C23H31FN4O3/c1-7-28(8-2)12-11-25-23(31)21(29)20-15(4)19(16(5)27(20)6)22(30)26-17-9-10-18(24)14(3)13-17/h9-10,13H,7-8,11-12H2,1-6H3,(H,25,31)(H,26,30). The summed E-state index contributed by atoms with van der Waals surface area (Å²) in [5.41, 5.74) is 2.36. The molecule has 2 aromatic rings. The van der Waals surface area contributed by atoms with Crippen LogP contribution >= 0.6 is 0 Å². The van der Waals surface area contributed by atoms with E-state index in [1.165, 1.54) is 18.2 Å². The molecule has 0 atom stereocenters. The molecule has 7 nitrogen and oxygen atoms in total. The number of rotatable bonds is 9. The van der Waals surface area contributed by atoms with Crippen LogP contribution in [0, 0.1) is 26.6 Å². The lowest BCUT2D eigenvalue weighted by Gasteiger charge is -2.17. The Balaban J connectivity index is 2.20. The number of hydrogen-bond donors (Lipinski definition) is 2. The lowest BCUT2D eigenvalue weighted by Crippen LogP contribution is -2.38. The van der Waals surface area contributed by atoms with Crippen LogP contribution < -0.4 is 10.6 Å². The Morgan fingerprint density at radius 1 is 1.10 bits per heavy atom. The van der Waals surface area contributed by atoms with Gasteiger partial charge in [-0.25, -0.2) is 4.39 Å². The summed E-state index contributed by atoms with van der Waals surface area (Å²) in [4.78, 5) is 40.3. The van der Waals surface area contributed by atoms with Gasteiger partial charge >= 0.3 is 0 Å². The maximum Gasteiger partial charge on any atom is 0.294 e. The van der Waals surface area contributed by atoms with Crippen molar-refractivity contribution in [2.75, 3.05) is 31.5 Å². The second kappa shape index (κ2) is 10.3. The fourth-order valence-electron chi connectivity index (χ4n) is 3.61. The van der Waals surface area contributed by atoms with E-state index in [0.29, 0.717) is 41.2 Å². The van der Waals surface area contributed by atoms with Crippen LogP contribution in [0.2, 0.25) is 0 Å². The SMILES string of the molecule is CCN(CC)CCNC(=O)C(=O)c1c(C)c(C(=O)Nc2ccc(F)c(C)c2)c(C)n1C. The van der Waals surface area contributed by atoms with Crippen molar-refractivity contribution in [3.05, 3.63) is 52.1 Å². The van der Waals surface area contributed by atoms with Crippen LogP contribution in [0.25, 0.3) is 0 Å². The minimum absolute atomic E-state index is 0.179.